The van der Waals surface area contributed by atoms with E-state index in [1.807, 2.05) is 36.4 Å². The summed E-state index contributed by atoms with van der Waals surface area (Å²) in [5.41, 5.74) is 2.41. The third kappa shape index (κ3) is 4.38. The van der Waals surface area contributed by atoms with Crippen LogP contribution in [0.3, 0.4) is 0 Å². The van der Waals surface area contributed by atoms with E-state index in [9.17, 15) is 4.79 Å². The average molecular weight is 333 g/mol. The number of rotatable bonds is 5. The quantitative estimate of drug-likeness (QED) is 0.707. The molecule has 3 heteroatoms. The van der Waals surface area contributed by atoms with Gasteiger partial charge in [-0.15, -0.1) is 0 Å². The highest BCUT2D eigenvalue weighted by Crippen LogP contribution is 2.27. The van der Waals surface area contributed by atoms with E-state index in [4.69, 9.17) is 4.74 Å². The van der Waals surface area contributed by atoms with Crippen molar-refractivity contribution in [1.82, 2.24) is 4.90 Å². The second-order valence-electron chi connectivity index (χ2n) is 6.10. The van der Waals surface area contributed by atoms with E-state index >= 15 is 0 Å². The summed E-state index contributed by atoms with van der Waals surface area (Å²) >= 11 is 0. The lowest BCUT2D eigenvalue weighted by molar-refractivity contribution is 0.161. The van der Waals surface area contributed by atoms with Crippen LogP contribution in [0.4, 0.5) is 4.79 Å². The van der Waals surface area contributed by atoms with Gasteiger partial charge in [0.15, 0.2) is 0 Å². The number of benzene rings is 2. The molecule has 1 aliphatic rings. The van der Waals surface area contributed by atoms with Crippen molar-refractivity contribution in [2.45, 2.75) is 32.2 Å². The van der Waals surface area contributed by atoms with Crippen molar-refractivity contribution in [2.24, 2.45) is 0 Å². The van der Waals surface area contributed by atoms with E-state index in [-0.39, 0.29) is 12.1 Å². The zero-order valence-electron chi connectivity index (χ0n) is 14.5. The van der Waals surface area contributed by atoms with Crippen LogP contribution in [-0.2, 0) is 6.42 Å². The number of nitrogens with zero attached hydrogens (tertiary/aromatic N) is 1. The Labute approximate surface area is 149 Å². The number of ether oxygens (including phenoxy) is 1. The number of hydrogen-bond donors (Lipinski definition) is 0. The zero-order chi connectivity index (χ0) is 17.5. The van der Waals surface area contributed by atoms with Crippen molar-refractivity contribution in [2.75, 3.05) is 0 Å². The van der Waals surface area contributed by atoms with Gasteiger partial charge in [0.1, 0.15) is 5.75 Å². The van der Waals surface area contributed by atoms with Crippen molar-refractivity contribution < 1.29 is 9.53 Å². The maximum atomic E-state index is 12.6. The summed E-state index contributed by atoms with van der Waals surface area (Å²) in [5.74, 6) is 0.545. The van der Waals surface area contributed by atoms with Gasteiger partial charge in [-0.05, 0) is 42.2 Å². The number of hydrogen-bond acceptors (Lipinski definition) is 2. The largest absolute Gasteiger partial charge is 0.420 e. The van der Waals surface area contributed by atoms with Crippen LogP contribution in [0.5, 0.6) is 5.75 Å². The number of unbranched alkanes of at least 4 members (excludes halogenated alkanes) is 1. The predicted octanol–water partition coefficient (Wildman–Crippen LogP) is 5.65. The number of carbonyl (C=O) groups is 1. The van der Waals surface area contributed by atoms with Crippen molar-refractivity contribution in [3.63, 3.8) is 0 Å². The van der Waals surface area contributed by atoms with E-state index in [2.05, 4.69) is 31.2 Å². The molecule has 128 valence electrons. The summed E-state index contributed by atoms with van der Waals surface area (Å²) < 4.78 is 5.48. The van der Waals surface area contributed by atoms with Gasteiger partial charge >= 0.3 is 6.09 Å². The van der Waals surface area contributed by atoms with Gasteiger partial charge in [-0.25, -0.2) is 4.79 Å². The summed E-state index contributed by atoms with van der Waals surface area (Å²) in [6.07, 6.45) is 10.7. The Morgan fingerprint density at radius 3 is 2.52 bits per heavy atom. The summed E-state index contributed by atoms with van der Waals surface area (Å²) in [6.45, 7) is 2.20. The molecule has 0 saturated heterocycles. The maximum absolute atomic E-state index is 12.6. The van der Waals surface area contributed by atoms with Gasteiger partial charge in [-0.2, -0.15) is 0 Å². The Bertz CT molecular complexity index is 747. The lowest BCUT2D eigenvalue weighted by Gasteiger charge is -2.28. The lowest BCUT2D eigenvalue weighted by Crippen LogP contribution is -2.32. The molecule has 2 aromatic carbocycles. The van der Waals surface area contributed by atoms with E-state index in [0.717, 1.165) is 12.0 Å². The van der Waals surface area contributed by atoms with Crippen LogP contribution in [0, 0.1) is 0 Å². The monoisotopic (exact) mass is 333 g/mol. The van der Waals surface area contributed by atoms with Gasteiger partial charge in [0.05, 0.1) is 6.04 Å². The van der Waals surface area contributed by atoms with Crippen molar-refractivity contribution in [3.8, 4) is 5.75 Å². The van der Waals surface area contributed by atoms with Crippen LogP contribution >= 0.6 is 0 Å². The number of allylic oxidation sites excluding steroid dienone is 2. The van der Waals surface area contributed by atoms with E-state index < -0.39 is 0 Å². The summed E-state index contributed by atoms with van der Waals surface area (Å²) in [6, 6.07) is 17.5. The first-order chi connectivity index (χ1) is 12.3. The molecule has 25 heavy (non-hydrogen) atoms. The van der Waals surface area contributed by atoms with E-state index in [1.54, 1.807) is 23.2 Å². The molecule has 1 amide bonds. The molecule has 1 unspecified atom stereocenters. The van der Waals surface area contributed by atoms with Crippen LogP contribution < -0.4 is 4.74 Å². The summed E-state index contributed by atoms with van der Waals surface area (Å²) in [5, 5.41) is 0. The third-order valence-corrected chi connectivity index (χ3v) is 4.25. The molecule has 0 radical (unpaired) electrons. The fourth-order valence-electron chi connectivity index (χ4n) is 2.85. The molecule has 0 aromatic heterocycles. The molecule has 2 aromatic rings. The Morgan fingerprint density at radius 1 is 1.04 bits per heavy atom. The van der Waals surface area contributed by atoms with Crippen molar-refractivity contribution >= 4 is 6.09 Å². The molecular formula is C22H23NO2. The summed E-state index contributed by atoms with van der Waals surface area (Å²) in [7, 11) is 0. The molecule has 1 heterocycles. The molecule has 0 saturated carbocycles. The number of carbonyl (C=O) groups excluding carboxylic acids is 1. The van der Waals surface area contributed by atoms with Gasteiger partial charge in [0.2, 0.25) is 0 Å². The first kappa shape index (κ1) is 17.0. The Morgan fingerprint density at radius 2 is 1.80 bits per heavy atom. The minimum atomic E-state index is -0.383. The van der Waals surface area contributed by atoms with E-state index in [0.29, 0.717) is 5.75 Å². The predicted molar refractivity (Wildman–Crippen MR) is 100 cm³/mol. The smallest absolute Gasteiger partial charge is 0.410 e. The average Bonchev–Trinajstić information content (AvgIpc) is 2.67. The molecule has 3 nitrogen and oxygen atoms in total. The van der Waals surface area contributed by atoms with E-state index in [1.165, 1.54) is 18.4 Å². The third-order valence-electron chi connectivity index (χ3n) is 4.25. The number of amides is 1. The minimum Gasteiger partial charge on any atom is -0.410 e. The SMILES string of the molecule is CCCCc1ccc(C2C=CC=CN2C(=O)Oc2ccccc2)cc1. The molecular weight excluding hydrogens is 310 g/mol. The second-order valence-corrected chi connectivity index (χ2v) is 6.10. The van der Waals surface area contributed by atoms with Gasteiger partial charge in [0.25, 0.3) is 0 Å². The zero-order valence-corrected chi connectivity index (χ0v) is 14.5. The topological polar surface area (TPSA) is 29.5 Å². The molecule has 1 aliphatic heterocycles. The van der Waals surface area contributed by atoms with Crippen LogP contribution in [0.1, 0.15) is 36.9 Å². The highest BCUT2D eigenvalue weighted by molar-refractivity contribution is 5.73. The molecule has 0 aliphatic carbocycles. The highest BCUT2D eigenvalue weighted by atomic mass is 16.6. The van der Waals surface area contributed by atoms with Crippen LogP contribution in [0.2, 0.25) is 0 Å². The molecule has 0 N–H and O–H groups in total. The molecule has 0 fully saturated rings. The molecule has 3 rings (SSSR count). The Kier molecular flexibility index (Phi) is 5.68. The summed E-state index contributed by atoms with van der Waals surface area (Å²) in [4.78, 5) is 14.2. The minimum absolute atomic E-state index is 0.151. The van der Waals surface area contributed by atoms with Crippen LogP contribution in [-0.4, -0.2) is 11.0 Å². The van der Waals surface area contributed by atoms with Gasteiger partial charge in [-0.1, -0.05) is 68.0 Å². The molecule has 0 bridgehead atoms. The van der Waals surface area contributed by atoms with Gasteiger partial charge in [0, 0.05) is 6.20 Å². The van der Waals surface area contributed by atoms with Crippen molar-refractivity contribution in [1.29, 1.82) is 0 Å². The number of aryl methyl sites for hydroxylation is 1. The van der Waals surface area contributed by atoms with Crippen LogP contribution in [0.15, 0.2) is 79.0 Å². The molecule has 0 spiro atoms. The van der Waals surface area contributed by atoms with Crippen LogP contribution in [0.25, 0.3) is 0 Å². The standard InChI is InChI=1S/C22H23NO2/c1-2-3-9-18-13-15-19(16-14-18)21-12-7-8-17-23(21)22(24)25-20-10-5-4-6-11-20/h4-8,10-17,21H,2-3,9H2,1H3. The van der Waals surface area contributed by atoms with Crippen molar-refractivity contribution in [3.05, 3.63) is 90.2 Å². The maximum Gasteiger partial charge on any atom is 0.420 e. The second kappa shape index (κ2) is 8.34. The first-order valence-electron chi connectivity index (χ1n) is 8.77. The fourth-order valence-corrected chi connectivity index (χ4v) is 2.85. The Hall–Kier alpha value is -2.81. The first-order valence-corrected chi connectivity index (χ1v) is 8.77. The Balaban J connectivity index is 1.73. The van der Waals surface area contributed by atoms with Gasteiger partial charge in [-0.3, -0.25) is 4.90 Å². The normalized spacial score (nSPS) is 16.0. The highest BCUT2D eigenvalue weighted by Gasteiger charge is 2.24. The number of para-hydroxylation sites is 1. The fraction of sp³-hybridized carbons (Fsp3) is 0.227. The molecule has 1 atom stereocenters. The van der Waals surface area contributed by atoms with Gasteiger partial charge < -0.3 is 4.74 Å². The lowest BCUT2D eigenvalue weighted by atomic mass is 10.00.